The first-order chi connectivity index (χ1) is 5.87. The maximum atomic E-state index is 12.7. The molecule has 0 unspecified atom stereocenters. The van der Waals surface area contributed by atoms with Crippen LogP contribution in [0.5, 0.6) is 5.75 Å². The topological polar surface area (TPSA) is 69.4 Å². The van der Waals surface area contributed by atoms with Gasteiger partial charge in [0.15, 0.2) is 0 Å². The number of hydrogen-bond donors (Lipinski definition) is 1. The summed E-state index contributed by atoms with van der Waals surface area (Å²) in [5.41, 5.74) is 0. The van der Waals surface area contributed by atoms with Crippen molar-refractivity contribution in [1.82, 2.24) is 0 Å². The van der Waals surface area contributed by atoms with Crippen LogP contribution in [0, 0.1) is 9.39 Å². The van der Waals surface area contributed by atoms with Crippen LogP contribution >= 0.6 is 22.6 Å². The fourth-order valence-electron chi connectivity index (χ4n) is 0.711. The molecule has 13 heavy (non-hydrogen) atoms. The predicted molar refractivity (Wildman–Crippen MR) is 52.9 cm³/mol. The Morgan fingerprint density at radius 2 is 2.00 bits per heavy atom. The lowest BCUT2D eigenvalue weighted by Crippen LogP contribution is -2.19. The van der Waals surface area contributed by atoms with Crippen molar-refractivity contribution < 1.29 is 17.0 Å². The van der Waals surface area contributed by atoms with E-state index in [4.69, 9.17) is 0 Å². The Balaban J connectivity index is 3.03. The molecule has 0 spiro atoms. The first-order valence-electron chi connectivity index (χ1n) is 3.05. The zero-order valence-corrected chi connectivity index (χ0v) is 9.17. The molecule has 0 aliphatic carbocycles. The molecule has 0 atom stereocenters. The molecular weight excluding hydrogens is 312 g/mol. The zero-order chi connectivity index (χ0) is 10.1. The van der Waals surface area contributed by atoms with Crippen LogP contribution in [-0.2, 0) is 10.3 Å². The van der Waals surface area contributed by atoms with Crippen molar-refractivity contribution in [3.8, 4) is 5.75 Å². The molecule has 0 aromatic heterocycles. The van der Waals surface area contributed by atoms with E-state index in [1.54, 1.807) is 0 Å². The number of nitrogens with two attached hydrogens (primary N) is 1. The van der Waals surface area contributed by atoms with Crippen LogP contribution in [-0.4, -0.2) is 8.42 Å². The maximum absolute atomic E-state index is 12.7. The Kier molecular flexibility index (Phi) is 3.09. The first-order valence-corrected chi connectivity index (χ1v) is 5.60. The van der Waals surface area contributed by atoms with Gasteiger partial charge in [0.1, 0.15) is 11.6 Å². The molecule has 72 valence electrons. The van der Waals surface area contributed by atoms with Gasteiger partial charge in [-0.05, 0) is 34.7 Å². The van der Waals surface area contributed by atoms with Gasteiger partial charge in [0.05, 0.1) is 0 Å². The van der Waals surface area contributed by atoms with Crippen molar-refractivity contribution in [2.45, 2.75) is 0 Å². The highest BCUT2D eigenvalue weighted by Gasteiger charge is 2.06. The molecule has 2 N–H and O–H groups in total. The van der Waals surface area contributed by atoms with Gasteiger partial charge < -0.3 is 4.18 Å². The average molecular weight is 317 g/mol. The van der Waals surface area contributed by atoms with Gasteiger partial charge in [0.2, 0.25) is 0 Å². The van der Waals surface area contributed by atoms with Crippen LogP contribution in [0.4, 0.5) is 4.39 Å². The summed E-state index contributed by atoms with van der Waals surface area (Å²) in [4.78, 5) is 0. The van der Waals surface area contributed by atoms with Crippen LogP contribution in [0.25, 0.3) is 0 Å². The Bertz CT molecular complexity index is 400. The third kappa shape index (κ3) is 3.87. The van der Waals surface area contributed by atoms with Crippen LogP contribution in [0.15, 0.2) is 18.2 Å². The summed E-state index contributed by atoms with van der Waals surface area (Å²) in [6, 6.07) is 3.52. The lowest BCUT2D eigenvalue weighted by atomic mass is 10.3. The molecule has 0 saturated heterocycles. The van der Waals surface area contributed by atoms with E-state index in [9.17, 15) is 12.8 Å². The highest BCUT2D eigenvalue weighted by molar-refractivity contribution is 14.1. The summed E-state index contributed by atoms with van der Waals surface area (Å²) in [7, 11) is -4.08. The maximum Gasteiger partial charge on any atom is 0.380 e. The van der Waals surface area contributed by atoms with Crippen molar-refractivity contribution in [3.05, 3.63) is 27.6 Å². The highest BCUT2D eigenvalue weighted by Crippen LogP contribution is 2.18. The average Bonchev–Trinajstić information content (AvgIpc) is 1.78. The van der Waals surface area contributed by atoms with E-state index in [2.05, 4.69) is 9.32 Å². The molecule has 0 radical (unpaired) electrons. The van der Waals surface area contributed by atoms with Crippen LogP contribution in [0.3, 0.4) is 0 Å². The lowest BCUT2D eigenvalue weighted by molar-refractivity contribution is 0.484. The summed E-state index contributed by atoms with van der Waals surface area (Å²) in [5, 5.41) is 4.59. The van der Waals surface area contributed by atoms with Gasteiger partial charge in [-0.15, -0.1) is 0 Å². The lowest BCUT2D eigenvalue weighted by Gasteiger charge is -2.02. The molecular formula is C6H5FINO3S. The zero-order valence-electron chi connectivity index (χ0n) is 6.20. The fraction of sp³-hybridized carbons (Fsp3) is 0. The third-order valence-corrected chi connectivity index (χ3v) is 2.10. The molecule has 0 heterocycles. The van der Waals surface area contributed by atoms with E-state index in [0.29, 0.717) is 3.57 Å². The van der Waals surface area contributed by atoms with Crippen LogP contribution in [0.2, 0.25) is 0 Å². The van der Waals surface area contributed by atoms with Gasteiger partial charge >= 0.3 is 10.3 Å². The molecule has 1 aromatic rings. The van der Waals surface area contributed by atoms with Crippen LogP contribution < -0.4 is 9.32 Å². The summed E-state index contributed by atoms with van der Waals surface area (Å²) < 4.78 is 38.4. The monoisotopic (exact) mass is 317 g/mol. The summed E-state index contributed by atoms with van der Waals surface area (Å²) in [6.07, 6.45) is 0. The summed E-state index contributed by atoms with van der Waals surface area (Å²) in [5.74, 6) is -0.711. The van der Waals surface area contributed by atoms with Crippen LogP contribution in [0.1, 0.15) is 0 Å². The number of halogens is 2. The minimum atomic E-state index is -4.08. The fourth-order valence-corrected chi connectivity index (χ4v) is 1.68. The van der Waals surface area contributed by atoms with E-state index < -0.39 is 16.1 Å². The SMILES string of the molecule is NS(=O)(=O)Oc1cc(F)cc(I)c1. The summed E-state index contributed by atoms with van der Waals surface area (Å²) in [6.45, 7) is 0. The second kappa shape index (κ2) is 3.76. The van der Waals surface area contributed by atoms with E-state index in [-0.39, 0.29) is 5.75 Å². The predicted octanol–water partition coefficient (Wildman–Crippen LogP) is 1.01. The smallest absolute Gasteiger partial charge is 0.371 e. The second-order valence-corrected chi connectivity index (χ2v) is 4.58. The largest absolute Gasteiger partial charge is 0.380 e. The minimum absolute atomic E-state index is 0.132. The molecule has 1 aromatic carbocycles. The van der Waals surface area contributed by atoms with Crippen molar-refractivity contribution in [1.29, 1.82) is 0 Å². The van der Waals surface area contributed by atoms with Crippen molar-refractivity contribution in [3.63, 3.8) is 0 Å². The second-order valence-electron chi connectivity index (χ2n) is 2.18. The number of benzene rings is 1. The van der Waals surface area contributed by atoms with Gasteiger partial charge in [0.25, 0.3) is 0 Å². The molecule has 0 fully saturated rings. The molecule has 1 rings (SSSR count). The standard InChI is InChI=1S/C6H5FINO3S/c7-4-1-5(8)3-6(2-4)12-13(9,10)11/h1-3H,(H2,9,10,11). The Labute approximate surface area is 88.3 Å². The molecule has 0 bridgehead atoms. The van der Waals surface area contributed by atoms with Gasteiger partial charge in [-0.2, -0.15) is 13.6 Å². The molecule has 7 heteroatoms. The minimum Gasteiger partial charge on any atom is -0.371 e. The summed E-state index contributed by atoms with van der Waals surface area (Å²) >= 11 is 1.83. The van der Waals surface area contributed by atoms with E-state index in [1.807, 2.05) is 22.6 Å². The van der Waals surface area contributed by atoms with E-state index in [1.165, 1.54) is 12.1 Å². The Morgan fingerprint density at radius 3 is 2.46 bits per heavy atom. The molecule has 4 nitrogen and oxygen atoms in total. The van der Waals surface area contributed by atoms with Crippen molar-refractivity contribution in [2.75, 3.05) is 0 Å². The van der Waals surface area contributed by atoms with Crippen molar-refractivity contribution >= 4 is 32.9 Å². The van der Waals surface area contributed by atoms with E-state index >= 15 is 0 Å². The van der Waals surface area contributed by atoms with E-state index in [0.717, 1.165) is 6.07 Å². The molecule has 0 aliphatic heterocycles. The Hall–Kier alpha value is -0.410. The number of hydrogen-bond acceptors (Lipinski definition) is 3. The molecule has 0 amide bonds. The third-order valence-electron chi connectivity index (χ3n) is 1.05. The van der Waals surface area contributed by atoms with Gasteiger partial charge in [-0.1, -0.05) is 0 Å². The Morgan fingerprint density at radius 1 is 1.38 bits per heavy atom. The first kappa shape index (κ1) is 10.7. The van der Waals surface area contributed by atoms with Gasteiger partial charge in [-0.3, -0.25) is 0 Å². The quantitative estimate of drug-likeness (QED) is 0.828. The highest BCUT2D eigenvalue weighted by atomic mass is 127. The molecule has 0 saturated carbocycles. The molecule has 0 aliphatic rings. The van der Waals surface area contributed by atoms with Gasteiger partial charge in [0, 0.05) is 9.64 Å². The van der Waals surface area contributed by atoms with Crippen molar-refractivity contribution in [2.24, 2.45) is 5.14 Å². The number of rotatable bonds is 2. The normalized spacial score (nSPS) is 11.3. The van der Waals surface area contributed by atoms with Gasteiger partial charge in [-0.25, -0.2) is 4.39 Å².